The molecule has 2 amide bonds. The molecule has 1 saturated heterocycles. The van der Waals surface area contributed by atoms with Gasteiger partial charge in [0.15, 0.2) is 11.5 Å². The Balaban J connectivity index is 0.00000210. The third-order valence-electron chi connectivity index (χ3n) is 5.04. The Morgan fingerprint density at radius 2 is 1.93 bits per heavy atom. The van der Waals surface area contributed by atoms with Crippen LogP contribution in [0.15, 0.2) is 12.5 Å². The highest BCUT2D eigenvalue weighted by molar-refractivity contribution is 7.82. The van der Waals surface area contributed by atoms with Crippen LogP contribution in [0, 0.1) is 0 Å². The maximum absolute atomic E-state index is 12.3. The summed E-state index contributed by atoms with van der Waals surface area (Å²) in [4.78, 5) is 23.4. The minimum Gasteiger partial charge on any atom is -0.334 e. The number of hydrogen-bond donors (Lipinski definition) is 2. The number of nitrogens with one attached hydrogen (secondary N) is 1. The maximum atomic E-state index is 12.3. The van der Waals surface area contributed by atoms with Gasteiger partial charge in [-0.3, -0.25) is 0 Å². The van der Waals surface area contributed by atoms with Crippen LogP contribution < -0.4 is 9.62 Å². The molecule has 2 aromatic rings. The fourth-order valence-electron chi connectivity index (χ4n) is 3.37. The van der Waals surface area contributed by atoms with Gasteiger partial charge in [-0.1, -0.05) is 25.7 Å². The van der Waals surface area contributed by atoms with Gasteiger partial charge in [0.25, 0.3) is 0 Å². The van der Waals surface area contributed by atoms with E-state index in [1.807, 2.05) is 4.68 Å². The average molecular weight is 412 g/mol. The number of amides is 2. The predicted molar refractivity (Wildman–Crippen MR) is 110 cm³/mol. The predicted octanol–water partition coefficient (Wildman–Crippen LogP) is 2.65. The van der Waals surface area contributed by atoms with Crippen molar-refractivity contribution in [3.8, 4) is 0 Å². The minimum absolute atomic E-state index is 0. The zero-order chi connectivity index (χ0) is 17.9. The Labute approximate surface area is 170 Å². The van der Waals surface area contributed by atoms with Gasteiger partial charge in [0, 0.05) is 12.6 Å². The number of urea groups is 1. The molecule has 27 heavy (non-hydrogen) atoms. The number of rotatable bonds is 5. The van der Waals surface area contributed by atoms with Crippen molar-refractivity contribution in [2.75, 3.05) is 23.9 Å². The van der Waals surface area contributed by atoms with E-state index in [9.17, 15) is 4.79 Å². The molecule has 8 nitrogen and oxygen atoms in total. The zero-order valence-electron chi connectivity index (χ0n) is 15.3. The highest BCUT2D eigenvalue weighted by Gasteiger charge is 2.27. The van der Waals surface area contributed by atoms with Crippen molar-refractivity contribution in [3.05, 3.63) is 12.5 Å². The number of likely N-dealkylation sites (tertiary alicyclic amines) is 1. The quantitative estimate of drug-likeness (QED) is 0.739. The number of nitrogens with zero attached hydrogens (tertiary/aromatic N) is 6. The largest absolute Gasteiger partial charge is 0.334 e. The van der Waals surface area contributed by atoms with Gasteiger partial charge in [-0.25, -0.2) is 23.7 Å². The molecule has 2 fully saturated rings. The Hall–Kier alpha value is -1.58. The smallest absolute Gasteiger partial charge is 0.333 e. The number of carbonyl (C=O) groups is 1. The lowest BCUT2D eigenvalue weighted by atomic mass is 10.2. The molecular weight excluding hydrogens is 386 g/mol. The molecule has 148 valence electrons. The number of anilines is 1. The van der Waals surface area contributed by atoms with Crippen LogP contribution in [-0.2, 0) is 6.54 Å². The summed E-state index contributed by atoms with van der Waals surface area (Å²) in [5.74, 6) is 0.470. The van der Waals surface area contributed by atoms with Crippen molar-refractivity contribution < 1.29 is 4.79 Å². The lowest BCUT2D eigenvalue weighted by Gasteiger charge is -2.19. The fraction of sp³-hybridized carbons (Fsp3) is 0.647. The summed E-state index contributed by atoms with van der Waals surface area (Å²) in [6, 6.07) is 0.0129. The third-order valence-corrected chi connectivity index (χ3v) is 5.41. The molecule has 1 aliphatic heterocycles. The Morgan fingerprint density at radius 3 is 2.63 bits per heavy atom. The van der Waals surface area contributed by atoms with Crippen molar-refractivity contribution in [1.29, 1.82) is 0 Å². The molecule has 0 aromatic carbocycles. The van der Waals surface area contributed by atoms with E-state index in [2.05, 4.69) is 38.1 Å². The lowest BCUT2D eigenvalue weighted by Crippen LogP contribution is -2.35. The first kappa shape index (κ1) is 20.2. The maximum Gasteiger partial charge on any atom is 0.333 e. The van der Waals surface area contributed by atoms with E-state index in [1.165, 1.54) is 36.3 Å². The van der Waals surface area contributed by atoms with Crippen LogP contribution >= 0.6 is 25.2 Å². The van der Waals surface area contributed by atoms with Gasteiger partial charge in [0.1, 0.15) is 6.33 Å². The number of aromatic nitrogens is 4. The highest BCUT2D eigenvalue weighted by Crippen LogP contribution is 2.25. The van der Waals surface area contributed by atoms with Crippen LogP contribution in [0.5, 0.6) is 0 Å². The first-order valence-corrected chi connectivity index (χ1v) is 9.81. The molecule has 0 bridgehead atoms. The van der Waals surface area contributed by atoms with E-state index in [0.717, 1.165) is 50.1 Å². The molecule has 2 aromatic heterocycles. The standard InChI is InChI=1S/C17H25N7OS.ClH/c25-17(21-13-5-6-13)24(26)16-14-11-20-23(15(14)18-12-19-16)10-9-22-7-3-1-2-4-8-22;/h11-13,26H,1-10H2,(H,21,25);1H. The van der Waals surface area contributed by atoms with E-state index in [0.29, 0.717) is 5.82 Å². The summed E-state index contributed by atoms with van der Waals surface area (Å²) in [5.41, 5.74) is 0.739. The van der Waals surface area contributed by atoms with Gasteiger partial charge in [-0.05, 0) is 38.8 Å². The number of hydrogen-bond acceptors (Lipinski definition) is 6. The van der Waals surface area contributed by atoms with Gasteiger partial charge in [0.2, 0.25) is 0 Å². The number of carbonyl (C=O) groups excluding carboxylic acids is 1. The normalized spacial score (nSPS) is 18.0. The first-order chi connectivity index (χ1) is 12.7. The van der Waals surface area contributed by atoms with Crippen LogP contribution in [0.2, 0.25) is 0 Å². The Morgan fingerprint density at radius 1 is 1.19 bits per heavy atom. The summed E-state index contributed by atoms with van der Waals surface area (Å²) >= 11 is 4.34. The van der Waals surface area contributed by atoms with Crippen LogP contribution in [-0.4, -0.2) is 56.4 Å². The molecule has 1 N–H and O–H groups in total. The van der Waals surface area contributed by atoms with E-state index < -0.39 is 0 Å². The van der Waals surface area contributed by atoms with Crippen LogP contribution in [0.3, 0.4) is 0 Å². The molecule has 1 aliphatic carbocycles. The SMILES string of the molecule is Cl.O=C(NC1CC1)N(S)c1ncnc2c1cnn2CCN1CCCCCC1. The van der Waals surface area contributed by atoms with Crippen LogP contribution in [0.25, 0.3) is 11.0 Å². The molecule has 2 aliphatic rings. The Kier molecular flexibility index (Phi) is 6.78. The molecule has 0 radical (unpaired) electrons. The fourth-order valence-corrected chi connectivity index (χ4v) is 3.59. The van der Waals surface area contributed by atoms with Crippen molar-refractivity contribution in [2.45, 2.75) is 51.1 Å². The Bertz CT molecular complexity index is 774. The van der Waals surface area contributed by atoms with Gasteiger partial charge >= 0.3 is 6.03 Å². The molecule has 0 spiro atoms. The summed E-state index contributed by atoms with van der Waals surface area (Å²) < 4.78 is 3.15. The second-order valence-corrected chi connectivity index (χ2v) is 7.49. The van der Waals surface area contributed by atoms with E-state index in [-0.39, 0.29) is 24.5 Å². The summed E-state index contributed by atoms with van der Waals surface area (Å²) in [6.45, 7) is 4.06. The second kappa shape index (κ2) is 9.07. The monoisotopic (exact) mass is 411 g/mol. The van der Waals surface area contributed by atoms with Gasteiger partial charge in [0.05, 0.1) is 18.1 Å². The van der Waals surface area contributed by atoms with Crippen LogP contribution in [0.1, 0.15) is 38.5 Å². The van der Waals surface area contributed by atoms with Crippen molar-refractivity contribution in [2.24, 2.45) is 0 Å². The van der Waals surface area contributed by atoms with Crippen molar-refractivity contribution in [1.82, 2.24) is 30.0 Å². The molecule has 1 saturated carbocycles. The zero-order valence-corrected chi connectivity index (χ0v) is 17.0. The third kappa shape index (κ3) is 4.83. The van der Waals surface area contributed by atoms with Crippen LogP contribution in [0.4, 0.5) is 10.6 Å². The molecule has 3 heterocycles. The molecule has 4 rings (SSSR count). The van der Waals surface area contributed by atoms with Crippen molar-refractivity contribution in [3.63, 3.8) is 0 Å². The second-order valence-electron chi connectivity index (χ2n) is 7.09. The topological polar surface area (TPSA) is 79.2 Å². The summed E-state index contributed by atoms with van der Waals surface area (Å²) in [7, 11) is 0. The molecular formula is C17H26ClN7OS. The van der Waals surface area contributed by atoms with E-state index in [4.69, 9.17) is 0 Å². The molecule has 0 atom stereocenters. The lowest BCUT2D eigenvalue weighted by molar-refractivity contribution is 0.249. The number of halogens is 1. The van der Waals surface area contributed by atoms with Crippen molar-refractivity contribution >= 4 is 48.1 Å². The number of thiol groups is 1. The molecule has 10 heteroatoms. The number of fused-ring (bicyclic) bond motifs is 1. The minimum atomic E-state index is -0.256. The van der Waals surface area contributed by atoms with E-state index >= 15 is 0 Å². The highest BCUT2D eigenvalue weighted by atomic mass is 35.5. The molecule has 0 unspecified atom stereocenters. The van der Waals surface area contributed by atoms with E-state index in [1.54, 1.807) is 6.20 Å². The summed E-state index contributed by atoms with van der Waals surface area (Å²) in [5, 5.41) is 8.13. The first-order valence-electron chi connectivity index (χ1n) is 9.41. The van der Waals surface area contributed by atoms with Gasteiger partial charge in [-0.2, -0.15) is 5.10 Å². The van der Waals surface area contributed by atoms with Gasteiger partial charge in [-0.15, -0.1) is 12.4 Å². The van der Waals surface area contributed by atoms with Gasteiger partial charge < -0.3 is 10.2 Å². The summed E-state index contributed by atoms with van der Waals surface area (Å²) in [6.07, 6.45) is 10.5. The average Bonchev–Trinajstić information content (AvgIpc) is 3.42.